The third-order valence-corrected chi connectivity index (χ3v) is 16.8. The molecule has 0 saturated heterocycles. The minimum atomic E-state index is -1.37. The first-order valence-electron chi connectivity index (χ1n) is 34.6. The summed E-state index contributed by atoms with van der Waals surface area (Å²) in [4.78, 5) is 162. The zero-order valence-electron chi connectivity index (χ0n) is 63.5. The number of carboxylic acids is 2. The summed E-state index contributed by atoms with van der Waals surface area (Å²) in [6.07, 6.45) is 18.4. The molecule has 0 unspecified atom stereocenters. The number of aromatic nitrogens is 20. The lowest BCUT2D eigenvalue weighted by molar-refractivity contribution is -0.119. The first kappa shape index (κ1) is 89.6. The summed E-state index contributed by atoms with van der Waals surface area (Å²) in [5.41, 5.74) is 19.8. The molecule has 0 bridgehead atoms. The number of aromatic carboxylic acids is 2. The van der Waals surface area contributed by atoms with Crippen molar-refractivity contribution in [2.24, 2.45) is 17.4 Å². The molecule has 0 aliphatic carbocycles. The molecule has 2 amide bonds. The molecule has 0 aliphatic heterocycles. The molecule has 10 aromatic heterocycles. The molecule has 14 aromatic rings. The maximum absolute atomic E-state index is 12.1. The molecule has 10 heterocycles. The highest BCUT2D eigenvalue weighted by molar-refractivity contribution is 7.98. The van der Waals surface area contributed by atoms with Gasteiger partial charge in [0.2, 0.25) is 17.1 Å². The predicted octanol–water partition coefficient (Wildman–Crippen LogP) is 8.13. The van der Waals surface area contributed by atoms with Gasteiger partial charge in [-0.05, 0) is 130 Å². The number of hydrogen-bond donors (Lipinski definition) is 17. The van der Waals surface area contributed by atoms with E-state index >= 15 is 0 Å². The highest BCUT2D eigenvalue weighted by Gasteiger charge is 2.22. The fourth-order valence-corrected chi connectivity index (χ4v) is 10.7. The highest BCUT2D eigenvalue weighted by atomic mass is 35.5. The number of fused-ring (bicyclic) bond motifs is 4. The van der Waals surface area contributed by atoms with Gasteiger partial charge < -0.3 is 72.9 Å². The van der Waals surface area contributed by atoms with Crippen LogP contribution in [0, 0.1) is 5.92 Å². The molecule has 43 nitrogen and oxygen atoms in total. The monoisotopic (exact) mass is 1710 g/mol. The quantitative estimate of drug-likeness (QED) is 0.00760. The number of carbonyl (C=O) groups is 7. The van der Waals surface area contributed by atoms with E-state index in [0.29, 0.717) is 40.4 Å². The molecule has 14 rings (SSSR count). The van der Waals surface area contributed by atoms with E-state index in [2.05, 4.69) is 112 Å². The molecule has 1 atom stereocenters. The number of amides is 2. The number of nitrogen functional groups attached to an aromatic ring is 1. The van der Waals surface area contributed by atoms with Gasteiger partial charge in [-0.1, -0.05) is 49.0 Å². The molecule has 0 saturated carbocycles. The van der Waals surface area contributed by atoms with Gasteiger partial charge in [0, 0.05) is 81.5 Å². The number of primary amides is 2. The molecule has 0 radical (unpaired) electrons. The summed E-state index contributed by atoms with van der Waals surface area (Å²) >= 11 is 13.8. The molecule has 119 heavy (non-hydrogen) atoms. The Morgan fingerprint density at radius 3 is 1.29 bits per heavy atom. The van der Waals surface area contributed by atoms with Crippen LogP contribution in [0.25, 0.3) is 43.6 Å². The van der Waals surface area contributed by atoms with Gasteiger partial charge in [0.1, 0.15) is 62.0 Å². The minimum Gasteiger partial charge on any atom is -0.477 e. The summed E-state index contributed by atoms with van der Waals surface area (Å²) in [6.45, 7) is 9.78. The molecular formula is C72H73Cl2N27O16S2. The fraction of sp³-hybridized carbons (Fsp3) is 0.181. The number of rotatable bonds is 22. The Balaban J connectivity index is 0.000000178. The van der Waals surface area contributed by atoms with Gasteiger partial charge in [-0.25, -0.2) is 68.4 Å². The summed E-state index contributed by atoms with van der Waals surface area (Å²) in [6, 6.07) is 21.8. The van der Waals surface area contributed by atoms with Crippen LogP contribution in [-0.4, -0.2) is 191 Å². The number of esters is 3. The number of anilines is 8. The highest BCUT2D eigenvalue weighted by Crippen LogP contribution is 2.28. The van der Waals surface area contributed by atoms with E-state index in [4.69, 9.17) is 55.0 Å². The molecule has 0 aliphatic rings. The molecule has 20 N–H and O–H groups in total. The second-order valence-corrected chi connectivity index (χ2v) is 26.2. The van der Waals surface area contributed by atoms with Crippen LogP contribution < -0.4 is 61.0 Å². The second kappa shape index (κ2) is 43.5. The van der Waals surface area contributed by atoms with E-state index in [-0.39, 0.29) is 69.4 Å². The SMILES string of the molecule is CC(C)C[C@@H](Nc1ncc(C(N)=O)c(Nc2ccc3cn[nH]c3c2)n1)C(N)=O.CCOC(=O)c1c[nH]c(=O)[nH]c1=O.CCOC(=O)c1cnc(Cl)nc1Cl.CCOC(=O)c1cnc(SC)nc1Nc1ccc2cn[nH]c2c1.CSc1ncc(C(=O)O)c(Nc2ccc3cn[nH]c3c2)n1.Nc1ccc2cn[nH]c2c1.O=C(O)c1c[nH]c(=O)[nH]c1=O. The number of benzene rings is 4. The molecule has 47 heteroatoms. The topological polar surface area (TPSA) is 663 Å². The molecule has 4 aromatic carbocycles. The first-order chi connectivity index (χ1) is 57.0. The van der Waals surface area contributed by atoms with Gasteiger partial charge in [-0.2, -0.15) is 25.4 Å². The van der Waals surface area contributed by atoms with Crippen LogP contribution in [0.2, 0.25) is 10.4 Å². The summed E-state index contributed by atoms with van der Waals surface area (Å²) < 4.78 is 14.3. The van der Waals surface area contributed by atoms with Crippen molar-refractivity contribution < 1.29 is 58.0 Å². The smallest absolute Gasteiger partial charge is 0.345 e. The lowest BCUT2D eigenvalue weighted by Crippen LogP contribution is -2.37. The Labute approximate surface area is 687 Å². The number of carboxylic acid groups (broad SMARTS) is 2. The Morgan fingerprint density at radius 1 is 0.487 bits per heavy atom. The van der Waals surface area contributed by atoms with Crippen molar-refractivity contribution in [2.75, 3.05) is 59.3 Å². The number of thioether (sulfide) groups is 2. The van der Waals surface area contributed by atoms with Crippen LogP contribution in [0.15, 0.2) is 164 Å². The van der Waals surface area contributed by atoms with Crippen LogP contribution in [0.4, 0.5) is 46.2 Å². The molecule has 618 valence electrons. The number of halogens is 2. The van der Waals surface area contributed by atoms with Gasteiger partial charge in [-0.15, -0.1) is 0 Å². The number of hydrogen-bond acceptors (Lipinski definition) is 33. The normalized spacial score (nSPS) is 10.7. The van der Waals surface area contributed by atoms with Crippen LogP contribution >= 0.6 is 46.7 Å². The Bertz CT molecular complexity index is 6190. The van der Waals surface area contributed by atoms with E-state index in [1.54, 1.807) is 50.5 Å². The van der Waals surface area contributed by atoms with Crippen molar-refractivity contribution in [3.8, 4) is 0 Å². The number of nitrogens with zero attached hydrogens (tertiary/aromatic N) is 12. The third-order valence-electron chi connectivity index (χ3n) is 15.2. The Kier molecular flexibility index (Phi) is 32.7. The predicted molar refractivity (Wildman–Crippen MR) is 442 cm³/mol. The van der Waals surface area contributed by atoms with Gasteiger partial charge in [0.25, 0.3) is 17.0 Å². The van der Waals surface area contributed by atoms with Gasteiger partial charge in [0.05, 0.1) is 66.7 Å². The summed E-state index contributed by atoms with van der Waals surface area (Å²) in [5, 5.41) is 62.0. The number of ether oxygens (including phenoxy) is 3. The van der Waals surface area contributed by atoms with Crippen molar-refractivity contribution in [1.82, 2.24) is 101 Å². The number of H-pyrrole nitrogens is 8. The van der Waals surface area contributed by atoms with Crippen molar-refractivity contribution >= 4 is 178 Å². The Hall–Kier alpha value is -15.0. The van der Waals surface area contributed by atoms with Crippen LogP contribution in [0.5, 0.6) is 0 Å². The van der Waals surface area contributed by atoms with Crippen LogP contribution in [0.1, 0.15) is 103 Å². The maximum Gasteiger partial charge on any atom is 0.345 e. The average molecular weight is 1710 g/mol. The van der Waals surface area contributed by atoms with E-state index in [1.807, 2.05) is 109 Å². The van der Waals surface area contributed by atoms with Crippen LogP contribution in [0.3, 0.4) is 0 Å². The van der Waals surface area contributed by atoms with Crippen molar-refractivity contribution in [2.45, 2.75) is 57.4 Å². The van der Waals surface area contributed by atoms with Gasteiger partial charge in [-0.3, -0.25) is 49.5 Å². The van der Waals surface area contributed by atoms with Crippen molar-refractivity contribution in [3.63, 3.8) is 0 Å². The lowest BCUT2D eigenvalue weighted by atomic mass is 10.0. The van der Waals surface area contributed by atoms with Crippen LogP contribution in [-0.2, 0) is 19.0 Å². The standard InChI is InChI=1S/C18H22N8O2.C15H15N5O2S.C13H11N5O2S.C7H6Cl2N2O2.C7H7N3.C7H8N2O4.C5H4N2O4/c1-9(2)5-14(16(20)28)24-18-21-8-12(15(19)27)17(25-18)23-11-4-3-10-7-22-26-13(10)6-11;1-3-22-14(21)11-8-16-15(23-2)19-13(11)18-10-5-4-9-7-17-20-12(9)6-10;1-21-13-14-6-9(12(19)20)11(17-13)16-8-3-2-7-5-15-18-10(7)4-8;1-2-13-6(12)4-3-10-7(9)11-5(4)8;8-6-2-1-5-4-9-10-7(5)3-6;1-2-13-6(11)4-3-8-7(12)9-5(4)10;8-3-2(4(9)10)1-6-5(11)7-3/h3-4,6-9,14H,5H2,1-2H3,(H2,19,27)(H2,20,28)(H,22,26)(H2,21,23,24,25);4-8H,3H2,1-2H3,(H,17,20)(H,16,18,19);2-6H,1H3,(H,15,18)(H,19,20)(H,14,16,17);3H,2H2,1H3;1-4H,8H2,(H,9,10);3H,2H2,1H3,(H2,8,9,10,12);1H,(H,9,10)(H2,6,7,8,11)/t14-;;;;;;/m1....../s1. The van der Waals surface area contributed by atoms with Gasteiger partial charge in [0.15, 0.2) is 10.3 Å². The van der Waals surface area contributed by atoms with E-state index in [9.17, 15) is 57.8 Å². The summed E-state index contributed by atoms with van der Waals surface area (Å²) in [7, 11) is 0. The molecular weight excluding hydrogens is 1630 g/mol. The average Bonchev–Trinajstić information content (AvgIpc) is 1.80. The number of nitrogens with two attached hydrogens (primary N) is 3. The third kappa shape index (κ3) is 26.3. The number of aromatic amines is 8. The lowest BCUT2D eigenvalue weighted by Gasteiger charge is -2.18. The number of carbonyl (C=O) groups excluding carboxylic acids is 5. The zero-order valence-corrected chi connectivity index (χ0v) is 66.6. The fourth-order valence-electron chi connectivity index (χ4n) is 9.67. The maximum atomic E-state index is 12.1. The second-order valence-electron chi connectivity index (χ2n) is 24.0. The first-order valence-corrected chi connectivity index (χ1v) is 37.8. The molecule has 0 spiro atoms. The molecule has 0 fully saturated rings. The zero-order chi connectivity index (χ0) is 86.4. The van der Waals surface area contributed by atoms with E-state index in [0.717, 1.165) is 73.1 Å². The van der Waals surface area contributed by atoms with Crippen molar-refractivity contribution in [3.05, 3.63) is 220 Å². The Morgan fingerprint density at radius 2 is 0.882 bits per heavy atom. The minimum absolute atomic E-state index is 0.00144. The largest absolute Gasteiger partial charge is 0.477 e. The van der Waals surface area contributed by atoms with E-state index < -0.39 is 75.8 Å². The number of nitrogens with one attached hydrogen (secondary N) is 12. The van der Waals surface area contributed by atoms with Gasteiger partial charge >= 0.3 is 41.2 Å². The van der Waals surface area contributed by atoms with E-state index in [1.165, 1.54) is 48.3 Å². The summed E-state index contributed by atoms with van der Waals surface area (Å²) in [5.74, 6) is -4.07. The van der Waals surface area contributed by atoms with Crippen molar-refractivity contribution in [1.29, 1.82) is 0 Å².